The molecule has 0 aliphatic rings. The van der Waals surface area contributed by atoms with Gasteiger partial charge in [0.2, 0.25) is 0 Å². The standard InChI is InChI=1S/C39H79N3O5/c1-5-8-11-13-20-26-35-46-38(47-36-27-21-14-12-9-6-2)29-23-17-19-25-32-42(33-30-41-39(44)40-4)31-24-18-15-16-22-28-37(43)45-34-10-7-3/h38H,5-36H2,1-4H3,(H2,40,41,44). The average molecular weight is 670 g/mol. The number of rotatable bonds is 37. The number of carbonyl (C=O) groups is 2. The van der Waals surface area contributed by atoms with Crippen LogP contribution < -0.4 is 10.6 Å². The zero-order valence-corrected chi connectivity index (χ0v) is 31.7. The van der Waals surface area contributed by atoms with Crippen molar-refractivity contribution in [3.63, 3.8) is 0 Å². The van der Waals surface area contributed by atoms with E-state index in [0.717, 1.165) is 97.1 Å². The smallest absolute Gasteiger partial charge is 0.314 e. The van der Waals surface area contributed by atoms with Gasteiger partial charge in [0, 0.05) is 39.8 Å². The summed E-state index contributed by atoms with van der Waals surface area (Å²) in [6, 6.07) is -0.120. The van der Waals surface area contributed by atoms with E-state index in [1.165, 1.54) is 89.9 Å². The zero-order valence-electron chi connectivity index (χ0n) is 31.7. The fourth-order valence-electron chi connectivity index (χ4n) is 5.70. The Morgan fingerprint density at radius 3 is 1.60 bits per heavy atom. The summed E-state index contributed by atoms with van der Waals surface area (Å²) in [5, 5.41) is 5.57. The molecule has 0 aromatic heterocycles. The maximum absolute atomic E-state index is 11.8. The molecule has 47 heavy (non-hydrogen) atoms. The summed E-state index contributed by atoms with van der Waals surface area (Å²) < 4.78 is 17.7. The van der Waals surface area contributed by atoms with Gasteiger partial charge in [-0.05, 0) is 64.5 Å². The molecule has 2 N–H and O–H groups in total. The lowest BCUT2D eigenvalue weighted by Gasteiger charge is -2.23. The third-order valence-corrected chi connectivity index (χ3v) is 8.82. The third kappa shape index (κ3) is 34.3. The Morgan fingerprint density at radius 2 is 1.04 bits per heavy atom. The maximum atomic E-state index is 11.8. The largest absolute Gasteiger partial charge is 0.466 e. The molecule has 0 aromatic carbocycles. The predicted octanol–water partition coefficient (Wildman–Crippen LogP) is 9.93. The van der Waals surface area contributed by atoms with E-state index in [2.05, 4.69) is 36.3 Å². The highest BCUT2D eigenvalue weighted by Crippen LogP contribution is 2.14. The molecule has 0 aromatic rings. The SMILES string of the molecule is CCCCCCCCOC(CCCCCCN(CCCCCCCC(=O)OCCCC)CCNC(=O)NC)OCCCCCCCC. The van der Waals surface area contributed by atoms with Gasteiger partial charge in [-0.2, -0.15) is 0 Å². The molecule has 0 rings (SSSR count). The van der Waals surface area contributed by atoms with Gasteiger partial charge in [-0.1, -0.05) is 124 Å². The topological polar surface area (TPSA) is 89.1 Å². The minimum Gasteiger partial charge on any atom is -0.466 e. The summed E-state index contributed by atoms with van der Waals surface area (Å²) >= 11 is 0. The number of nitrogens with one attached hydrogen (secondary N) is 2. The number of hydrogen-bond donors (Lipinski definition) is 2. The number of carbonyl (C=O) groups excluding carboxylic acids is 2. The van der Waals surface area contributed by atoms with E-state index in [9.17, 15) is 9.59 Å². The number of hydrogen-bond acceptors (Lipinski definition) is 6. The molecule has 0 fully saturated rings. The van der Waals surface area contributed by atoms with Crippen LogP contribution in [0.5, 0.6) is 0 Å². The van der Waals surface area contributed by atoms with Crippen molar-refractivity contribution in [1.29, 1.82) is 0 Å². The van der Waals surface area contributed by atoms with Gasteiger partial charge in [0.05, 0.1) is 6.61 Å². The van der Waals surface area contributed by atoms with E-state index in [-0.39, 0.29) is 18.3 Å². The monoisotopic (exact) mass is 670 g/mol. The lowest BCUT2D eigenvalue weighted by atomic mass is 10.1. The van der Waals surface area contributed by atoms with Crippen LogP contribution in [0.2, 0.25) is 0 Å². The Balaban J connectivity index is 4.35. The molecule has 0 spiro atoms. The first kappa shape index (κ1) is 45.6. The molecule has 0 aliphatic carbocycles. The van der Waals surface area contributed by atoms with Gasteiger partial charge in [0.15, 0.2) is 6.29 Å². The van der Waals surface area contributed by atoms with Crippen molar-refractivity contribution < 1.29 is 23.8 Å². The van der Waals surface area contributed by atoms with Gasteiger partial charge in [-0.15, -0.1) is 0 Å². The van der Waals surface area contributed by atoms with E-state index < -0.39 is 0 Å². The molecule has 0 saturated carbocycles. The van der Waals surface area contributed by atoms with Gasteiger partial charge in [0.1, 0.15) is 0 Å². The number of esters is 1. The first-order valence-corrected chi connectivity index (χ1v) is 20.1. The fraction of sp³-hybridized carbons (Fsp3) is 0.949. The highest BCUT2D eigenvalue weighted by molar-refractivity contribution is 5.73. The Bertz CT molecular complexity index is 649. The highest BCUT2D eigenvalue weighted by atomic mass is 16.7. The van der Waals surface area contributed by atoms with Gasteiger partial charge in [0.25, 0.3) is 0 Å². The van der Waals surface area contributed by atoms with Crippen LogP contribution in [0.25, 0.3) is 0 Å². The van der Waals surface area contributed by atoms with Gasteiger partial charge >= 0.3 is 12.0 Å². The molecule has 0 saturated heterocycles. The first-order chi connectivity index (χ1) is 23.1. The van der Waals surface area contributed by atoms with Crippen molar-refractivity contribution in [2.75, 3.05) is 53.0 Å². The highest BCUT2D eigenvalue weighted by Gasteiger charge is 2.11. The molecule has 0 atom stereocenters. The van der Waals surface area contributed by atoms with Crippen molar-refractivity contribution in [3.05, 3.63) is 0 Å². The summed E-state index contributed by atoms with van der Waals surface area (Å²) in [5.74, 6) is -0.0508. The second-order valence-corrected chi connectivity index (χ2v) is 13.3. The molecule has 0 unspecified atom stereocenters. The number of unbranched alkanes of at least 4 members (excludes halogenated alkanes) is 18. The molecule has 8 nitrogen and oxygen atoms in total. The summed E-state index contributed by atoms with van der Waals surface area (Å²) in [5.41, 5.74) is 0. The maximum Gasteiger partial charge on any atom is 0.314 e. The van der Waals surface area contributed by atoms with Crippen molar-refractivity contribution in [2.45, 2.75) is 188 Å². The molecule has 2 amide bonds. The Labute approximate surface area is 291 Å². The van der Waals surface area contributed by atoms with E-state index in [1.807, 2.05) is 0 Å². The van der Waals surface area contributed by atoms with Crippen LogP contribution in [0, 0.1) is 0 Å². The van der Waals surface area contributed by atoms with Crippen molar-refractivity contribution in [3.8, 4) is 0 Å². The van der Waals surface area contributed by atoms with Crippen LogP contribution >= 0.6 is 0 Å². The molecule has 0 aliphatic heterocycles. The van der Waals surface area contributed by atoms with E-state index in [4.69, 9.17) is 14.2 Å². The summed E-state index contributed by atoms with van der Waals surface area (Å²) in [6.45, 7) is 12.5. The summed E-state index contributed by atoms with van der Waals surface area (Å²) in [6.07, 6.45) is 29.0. The molecular formula is C39H79N3O5. The number of nitrogens with zero attached hydrogens (tertiary/aromatic N) is 1. The summed E-state index contributed by atoms with van der Waals surface area (Å²) in [4.78, 5) is 25.9. The predicted molar refractivity (Wildman–Crippen MR) is 198 cm³/mol. The molecule has 280 valence electrons. The molecule has 8 heteroatoms. The van der Waals surface area contributed by atoms with Gasteiger partial charge < -0.3 is 29.7 Å². The second-order valence-electron chi connectivity index (χ2n) is 13.3. The number of urea groups is 1. The quantitative estimate of drug-likeness (QED) is 0.0389. The molecule has 0 heterocycles. The lowest BCUT2D eigenvalue weighted by Crippen LogP contribution is -2.39. The van der Waals surface area contributed by atoms with Gasteiger partial charge in [-0.25, -0.2) is 4.79 Å². The number of amides is 2. The van der Waals surface area contributed by atoms with Crippen LogP contribution in [0.4, 0.5) is 4.79 Å². The zero-order chi connectivity index (χ0) is 34.5. The Hall–Kier alpha value is -1.38. The molecule has 0 bridgehead atoms. The van der Waals surface area contributed by atoms with Crippen molar-refractivity contribution in [1.82, 2.24) is 15.5 Å². The Morgan fingerprint density at radius 1 is 0.553 bits per heavy atom. The van der Waals surface area contributed by atoms with Crippen LogP contribution in [-0.4, -0.2) is 76.2 Å². The van der Waals surface area contributed by atoms with E-state index >= 15 is 0 Å². The van der Waals surface area contributed by atoms with Crippen LogP contribution in [-0.2, 0) is 19.0 Å². The minimum absolute atomic E-state index is 0.0508. The minimum atomic E-state index is -0.120. The lowest BCUT2D eigenvalue weighted by molar-refractivity contribution is -0.148. The Kier molecular flexibility index (Phi) is 36.3. The van der Waals surface area contributed by atoms with Crippen molar-refractivity contribution >= 4 is 12.0 Å². The van der Waals surface area contributed by atoms with E-state index in [1.54, 1.807) is 7.05 Å². The van der Waals surface area contributed by atoms with Crippen LogP contribution in [0.15, 0.2) is 0 Å². The van der Waals surface area contributed by atoms with Crippen LogP contribution in [0.1, 0.15) is 181 Å². The molecule has 0 radical (unpaired) electrons. The van der Waals surface area contributed by atoms with Crippen molar-refractivity contribution in [2.24, 2.45) is 0 Å². The fourth-order valence-corrected chi connectivity index (χ4v) is 5.70. The average Bonchev–Trinajstić information content (AvgIpc) is 3.07. The van der Waals surface area contributed by atoms with E-state index in [0.29, 0.717) is 19.6 Å². The third-order valence-electron chi connectivity index (χ3n) is 8.82. The normalized spacial score (nSPS) is 11.4. The second kappa shape index (κ2) is 37.4. The summed E-state index contributed by atoms with van der Waals surface area (Å²) in [7, 11) is 1.65. The van der Waals surface area contributed by atoms with Crippen LogP contribution in [0.3, 0.4) is 0 Å². The first-order valence-electron chi connectivity index (χ1n) is 20.1. The molecular weight excluding hydrogens is 590 g/mol. The number of ether oxygens (including phenoxy) is 3. The van der Waals surface area contributed by atoms with Gasteiger partial charge in [-0.3, -0.25) is 4.79 Å².